The fourth-order valence-corrected chi connectivity index (χ4v) is 2.82. The second kappa shape index (κ2) is 6.39. The zero-order valence-corrected chi connectivity index (χ0v) is 14.7. The lowest BCUT2D eigenvalue weighted by atomic mass is 10.1. The maximum absolute atomic E-state index is 12.6. The number of anilines is 2. The number of nitrogens with zero attached hydrogens (tertiary/aromatic N) is 2. The third kappa shape index (κ3) is 3.52. The van der Waals surface area contributed by atoms with Crippen LogP contribution in [-0.2, 0) is 0 Å². The van der Waals surface area contributed by atoms with Crippen LogP contribution in [0, 0.1) is 27.7 Å². The van der Waals surface area contributed by atoms with Gasteiger partial charge in [0.15, 0.2) is 0 Å². The van der Waals surface area contributed by atoms with Gasteiger partial charge in [0, 0.05) is 11.9 Å². The van der Waals surface area contributed by atoms with E-state index < -0.39 is 6.03 Å². The molecule has 2 heterocycles. The number of hydrogen-bond donors (Lipinski definition) is 2. The molecule has 0 aliphatic heterocycles. The van der Waals surface area contributed by atoms with Gasteiger partial charge in [-0.2, -0.15) is 0 Å². The van der Waals surface area contributed by atoms with Crippen LogP contribution in [0.4, 0.5) is 16.2 Å². The van der Waals surface area contributed by atoms with Crippen LogP contribution in [0.5, 0.6) is 0 Å². The number of fused-ring (bicyclic) bond motifs is 1. The number of hydrogen-bond acceptors (Lipinski definition) is 3. The number of urea groups is 1. The van der Waals surface area contributed by atoms with Crippen molar-refractivity contribution in [3.05, 3.63) is 69.3 Å². The van der Waals surface area contributed by atoms with E-state index in [2.05, 4.69) is 15.6 Å². The Morgan fingerprint density at radius 1 is 0.960 bits per heavy atom. The Balaban J connectivity index is 1.90. The Kier molecular flexibility index (Phi) is 4.27. The molecule has 0 fully saturated rings. The highest BCUT2D eigenvalue weighted by atomic mass is 16.2. The first-order chi connectivity index (χ1) is 11.8. The minimum Gasteiger partial charge on any atom is -0.308 e. The number of aromatic nitrogens is 2. The molecule has 0 saturated carbocycles. The third-order valence-corrected chi connectivity index (χ3v) is 3.88. The van der Waals surface area contributed by atoms with E-state index in [0.29, 0.717) is 17.0 Å². The highest BCUT2D eigenvalue weighted by Gasteiger charge is 2.13. The number of nitrogens with one attached hydrogen (secondary N) is 2. The molecular weight excluding hydrogens is 316 g/mol. The highest BCUT2D eigenvalue weighted by Crippen LogP contribution is 2.15. The van der Waals surface area contributed by atoms with E-state index in [1.165, 1.54) is 4.40 Å². The summed E-state index contributed by atoms with van der Waals surface area (Å²) in [5.74, 6) is 0. The van der Waals surface area contributed by atoms with Crippen LogP contribution < -0.4 is 16.2 Å². The summed E-state index contributed by atoms with van der Waals surface area (Å²) in [6.45, 7) is 7.56. The lowest BCUT2D eigenvalue weighted by Crippen LogP contribution is -2.27. The molecule has 0 atom stereocenters. The number of pyridine rings is 1. The lowest BCUT2D eigenvalue weighted by Gasteiger charge is -2.11. The summed E-state index contributed by atoms with van der Waals surface area (Å²) in [4.78, 5) is 29.3. The molecule has 6 heteroatoms. The van der Waals surface area contributed by atoms with Crippen LogP contribution in [0.2, 0.25) is 0 Å². The molecule has 2 N–H and O–H groups in total. The lowest BCUT2D eigenvalue weighted by molar-refractivity contribution is 0.262. The fraction of sp³-hybridized carbons (Fsp3) is 0.211. The van der Waals surface area contributed by atoms with Crippen LogP contribution >= 0.6 is 0 Å². The van der Waals surface area contributed by atoms with Gasteiger partial charge in [-0.05, 0) is 68.7 Å². The Bertz CT molecular complexity index is 1020. The summed E-state index contributed by atoms with van der Waals surface area (Å²) in [7, 11) is 0. The van der Waals surface area contributed by atoms with Crippen LogP contribution in [0.15, 0.2) is 41.3 Å². The predicted molar refractivity (Wildman–Crippen MR) is 99.5 cm³/mol. The summed E-state index contributed by atoms with van der Waals surface area (Å²) in [5.41, 5.74) is 4.69. The summed E-state index contributed by atoms with van der Waals surface area (Å²) in [6.07, 6.45) is 1.66. The number of carbonyl (C=O) groups is 1. The first kappa shape index (κ1) is 16.7. The van der Waals surface area contributed by atoms with Gasteiger partial charge in [0.25, 0.3) is 5.56 Å². The smallest absolute Gasteiger partial charge is 0.308 e. The van der Waals surface area contributed by atoms with E-state index in [9.17, 15) is 9.59 Å². The van der Waals surface area contributed by atoms with Gasteiger partial charge in [0.2, 0.25) is 0 Å². The molecule has 3 rings (SSSR count). The van der Waals surface area contributed by atoms with Crippen molar-refractivity contribution in [3.8, 4) is 0 Å². The third-order valence-electron chi connectivity index (χ3n) is 3.88. The van der Waals surface area contributed by atoms with Crippen molar-refractivity contribution in [2.75, 3.05) is 10.6 Å². The van der Waals surface area contributed by atoms with Crippen molar-refractivity contribution in [1.29, 1.82) is 0 Å². The Morgan fingerprint density at radius 3 is 2.32 bits per heavy atom. The van der Waals surface area contributed by atoms with E-state index in [0.717, 1.165) is 16.7 Å². The number of rotatable bonds is 2. The molecule has 2 aromatic heterocycles. The van der Waals surface area contributed by atoms with Gasteiger partial charge in [-0.25, -0.2) is 9.78 Å². The molecule has 0 radical (unpaired) electrons. The van der Waals surface area contributed by atoms with Crippen molar-refractivity contribution in [2.24, 2.45) is 0 Å². The monoisotopic (exact) mass is 336 g/mol. The molecule has 128 valence electrons. The Labute approximate surface area is 145 Å². The van der Waals surface area contributed by atoms with Crippen molar-refractivity contribution < 1.29 is 4.79 Å². The standard InChI is InChI=1S/C19H20N4O2/c1-11-5-6-23-16(10-11)20-14(4)17(18(23)24)22-19(25)21-15-8-12(2)7-13(3)9-15/h5-10H,1-4H3,(H2,21,22,25). The second-order valence-electron chi connectivity index (χ2n) is 6.27. The molecule has 1 aromatic carbocycles. The van der Waals surface area contributed by atoms with Crippen LogP contribution in [0.3, 0.4) is 0 Å². The zero-order chi connectivity index (χ0) is 18.1. The van der Waals surface area contributed by atoms with E-state index in [4.69, 9.17) is 0 Å². The summed E-state index contributed by atoms with van der Waals surface area (Å²) in [5, 5.41) is 5.38. The van der Waals surface area contributed by atoms with E-state index in [-0.39, 0.29) is 11.2 Å². The maximum Gasteiger partial charge on any atom is 0.323 e. The normalized spacial score (nSPS) is 10.7. The second-order valence-corrected chi connectivity index (χ2v) is 6.27. The minimum atomic E-state index is -0.473. The molecule has 0 aliphatic rings. The number of benzene rings is 1. The first-order valence-corrected chi connectivity index (χ1v) is 7.99. The first-order valence-electron chi connectivity index (χ1n) is 7.99. The topological polar surface area (TPSA) is 75.5 Å². The van der Waals surface area contributed by atoms with Gasteiger partial charge in [-0.15, -0.1) is 0 Å². The molecule has 0 bridgehead atoms. The average Bonchev–Trinajstić information content (AvgIpc) is 2.50. The molecule has 6 nitrogen and oxygen atoms in total. The molecule has 0 spiro atoms. The molecule has 0 unspecified atom stereocenters. The summed E-state index contributed by atoms with van der Waals surface area (Å²) >= 11 is 0. The van der Waals surface area contributed by atoms with Crippen molar-refractivity contribution in [3.63, 3.8) is 0 Å². The molecule has 3 aromatic rings. The van der Waals surface area contributed by atoms with Gasteiger partial charge in [-0.3, -0.25) is 9.20 Å². The quantitative estimate of drug-likeness (QED) is 0.751. The SMILES string of the molecule is Cc1cc(C)cc(NC(=O)Nc2c(C)nc3cc(C)ccn3c2=O)c1. The number of carbonyl (C=O) groups excluding carboxylic acids is 1. The fourth-order valence-electron chi connectivity index (χ4n) is 2.82. The van der Waals surface area contributed by atoms with E-state index >= 15 is 0 Å². The summed E-state index contributed by atoms with van der Waals surface area (Å²) in [6, 6.07) is 8.94. The van der Waals surface area contributed by atoms with Gasteiger partial charge in [0.05, 0.1) is 5.69 Å². The molecule has 2 amide bonds. The Morgan fingerprint density at radius 2 is 1.64 bits per heavy atom. The molecule has 0 aliphatic carbocycles. The Hall–Kier alpha value is -3.15. The maximum atomic E-state index is 12.6. The highest BCUT2D eigenvalue weighted by molar-refractivity contribution is 6.00. The van der Waals surface area contributed by atoms with Gasteiger partial charge >= 0.3 is 6.03 Å². The van der Waals surface area contributed by atoms with Crippen LogP contribution in [0.1, 0.15) is 22.4 Å². The largest absolute Gasteiger partial charge is 0.323 e. The van der Waals surface area contributed by atoms with Gasteiger partial charge in [0.1, 0.15) is 11.3 Å². The molecule has 0 saturated heterocycles. The van der Waals surface area contributed by atoms with Crippen molar-refractivity contribution in [2.45, 2.75) is 27.7 Å². The number of amides is 2. The van der Waals surface area contributed by atoms with Crippen LogP contribution in [-0.4, -0.2) is 15.4 Å². The molecule has 25 heavy (non-hydrogen) atoms. The summed E-state index contributed by atoms with van der Waals surface area (Å²) < 4.78 is 1.42. The minimum absolute atomic E-state index is 0.170. The van der Waals surface area contributed by atoms with E-state index in [1.54, 1.807) is 13.1 Å². The van der Waals surface area contributed by atoms with Crippen molar-refractivity contribution in [1.82, 2.24) is 9.38 Å². The average molecular weight is 336 g/mol. The number of aryl methyl sites for hydroxylation is 4. The van der Waals surface area contributed by atoms with E-state index in [1.807, 2.05) is 51.1 Å². The predicted octanol–water partition coefficient (Wildman–Crippen LogP) is 3.57. The van der Waals surface area contributed by atoms with Gasteiger partial charge in [-0.1, -0.05) is 6.07 Å². The zero-order valence-electron chi connectivity index (χ0n) is 14.7. The van der Waals surface area contributed by atoms with Gasteiger partial charge < -0.3 is 10.6 Å². The van der Waals surface area contributed by atoms with Crippen LogP contribution in [0.25, 0.3) is 5.65 Å². The molecular formula is C19H20N4O2. The van der Waals surface area contributed by atoms with Crippen molar-refractivity contribution >= 4 is 23.1 Å².